The third-order valence-electron chi connectivity index (χ3n) is 8.48. The molecule has 3 aromatic carbocycles. The maximum absolute atomic E-state index is 14.3. The van der Waals surface area contributed by atoms with E-state index in [0.29, 0.717) is 43.9 Å². The van der Waals surface area contributed by atoms with Gasteiger partial charge in [-0.3, -0.25) is 9.69 Å². The molecule has 2 aliphatic rings. The Morgan fingerprint density at radius 3 is 2.42 bits per heavy atom. The van der Waals surface area contributed by atoms with Gasteiger partial charge in [-0.2, -0.15) is 4.98 Å². The van der Waals surface area contributed by atoms with Crippen molar-refractivity contribution < 1.29 is 19.4 Å². The predicted molar refractivity (Wildman–Crippen MR) is 177 cm³/mol. The molecule has 236 valence electrons. The Morgan fingerprint density at radius 2 is 1.69 bits per heavy atom. The first-order valence-electron chi connectivity index (χ1n) is 15.4. The van der Waals surface area contributed by atoms with Crippen LogP contribution in [0.1, 0.15) is 48.7 Å². The summed E-state index contributed by atoms with van der Waals surface area (Å²) in [6.45, 7) is 10.6. The van der Waals surface area contributed by atoms with Crippen LogP contribution in [0.4, 0.5) is 5.95 Å². The zero-order valence-corrected chi connectivity index (χ0v) is 26.9. The molecule has 1 amide bonds. The molecule has 2 atom stereocenters. The van der Waals surface area contributed by atoms with Gasteiger partial charge in [-0.25, -0.2) is 18.1 Å². The summed E-state index contributed by atoms with van der Waals surface area (Å²) in [5.41, 5.74) is 4.92. The van der Waals surface area contributed by atoms with Gasteiger partial charge in [0.25, 0.3) is 15.9 Å². The van der Waals surface area contributed by atoms with Crippen LogP contribution in [0.15, 0.2) is 83.8 Å². The Labute approximate surface area is 266 Å². The molecule has 6 rings (SSSR count). The van der Waals surface area contributed by atoms with Gasteiger partial charge in [0.2, 0.25) is 11.8 Å². The van der Waals surface area contributed by atoms with Crippen molar-refractivity contribution in [1.29, 1.82) is 0 Å². The molecule has 9 nitrogen and oxygen atoms in total. The van der Waals surface area contributed by atoms with Crippen LogP contribution in [-0.4, -0.2) is 65.9 Å². The highest BCUT2D eigenvalue weighted by molar-refractivity contribution is 7.92. The van der Waals surface area contributed by atoms with Gasteiger partial charge in [-0.1, -0.05) is 68.4 Å². The summed E-state index contributed by atoms with van der Waals surface area (Å²) in [6, 6.07) is 23.9. The van der Waals surface area contributed by atoms with Crippen molar-refractivity contribution in [2.45, 2.75) is 57.7 Å². The van der Waals surface area contributed by atoms with Gasteiger partial charge in [-0.15, -0.1) is 0 Å². The average molecular weight is 628 g/mol. The van der Waals surface area contributed by atoms with Crippen molar-refractivity contribution in [3.63, 3.8) is 0 Å². The number of hydrogen-bond donors (Lipinski definition) is 1. The van der Waals surface area contributed by atoms with Gasteiger partial charge in [0.1, 0.15) is 6.10 Å². The van der Waals surface area contributed by atoms with E-state index in [9.17, 15) is 13.2 Å². The summed E-state index contributed by atoms with van der Waals surface area (Å²) >= 11 is 0. The minimum absolute atomic E-state index is 0. The number of anilines is 1. The summed E-state index contributed by atoms with van der Waals surface area (Å²) in [5, 5.41) is 0. The smallest absolute Gasteiger partial charge is 0.264 e. The second-order valence-corrected chi connectivity index (χ2v) is 14.1. The highest BCUT2D eigenvalue weighted by Gasteiger charge is 2.38. The number of carbonyl (C=O) groups excluding carboxylic acids is 1. The van der Waals surface area contributed by atoms with E-state index in [2.05, 4.69) is 45.6 Å². The highest BCUT2D eigenvalue weighted by Crippen LogP contribution is 2.32. The van der Waals surface area contributed by atoms with Crippen molar-refractivity contribution in [2.24, 2.45) is 5.92 Å². The van der Waals surface area contributed by atoms with Crippen LogP contribution in [0.3, 0.4) is 0 Å². The quantitative estimate of drug-likeness (QED) is 0.292. The van der Waals surface area contributed by atoms with E-state index in [-0.39, 0.29) is 36.0 Å². The molecule has 45 heavy (non-hydrogen) atoms. The number of ether oxygens (including phenoxy) is 1. The van der Waals surface area contributed by atoms with E-state index < -0.39 is 16.1 Å². The Morgan fingerprint density at radius 1 is 0.956 bits per heavy atom. The lowest BCUT2D eigenvalue weighted by Gasteiger charge is -2.36. The molecule has 1 N–H and O–H groups in total. The molecule has 0 saturated carbocycles. The zero-order valence-electron chi connectivity index (χ0n) is 26.1. The molecular weight excluding hydrogens is 586 g/mol. The first kappa shape index (κ1) is 30.7. The molecule has 1 fully saturated rings. The number of fused-ring (bicyclic) bond motifs is 6. The summed E-state index contributed by atoms with van der Waals surface area (Å²) in [4.78, 5) is 27.7. The Kier molecular flexibility index (Phi) is 8.61. The SMILES string of the molecule is Cc1cccc(C)c1-c1cc2nc(n1)NS(=O)(=O)c1cccc(c1)C(=O)N1CCN(Cc3ccccc3)CC(O2)C1CC(C)C.[HH]. The van der Waals surface area contributed by atoms with E-state index in [0.717, 1.165) is 16.7 Å². The third-order valence-corrected chi connectivity index (χ3v) is 9.80. The number of hydrogen-bond acceptors (Lipinski definition) is 7. The number of carbonyl (C=O) groups is 1. The monoisotopic (exact) mass is 627 g/mol. The number of amides is 1. The minimum Gasteiger partial charge on any atom is -0.471 e. The maximum atomic E-state index is 14.3. The number of nitrogens with zero attached hydrogens (tertiary/aromatic N) is 4. The van der Waals surface area contributed by atoms with Crippen molar-refractivity contribution in [2.75, 3.05) is 24.4 Å². The molecule has 1 aromatic heterocycles. The topological polar surface area (TPSA) is 105 Å². The Bertz CT molecular complexity index is 1800. The van der Waals surface area contributed by atoms with Gasteiger partial charge >= 0.3 is 0 Å². The van der Waals surface area contributed by atoms with Crippen molar-refractivity contribution >= 4 is 21.9 Å². The summed E-state index contributed by atoms with van der Waals surface area (Å²) in [6.07, 6.45) is 0.254. The number of benzene rings is 3. The average Bonchev–Trinajstić information content (AvgIpc) is 3.15. The van der Waals surface area contributed by atoms with E-state index in [1.54, 1.807) is 18.2 Å². The highest BCUT2D eigenvalue weighted by atomic mass is 32.2. The van der Waals surface area contributed by atoms with Gasteiger partial charge in [0, 0.05) is 44.8 Å². The molecule has 2 unspecified atom stereocenters. The normalized spacial score (nSPS) is 19.8. The van der Waals surface area contributed by atoms with Crippen LogP contribution in [0.25, 0.3) is 11.3 Å². The lowest BCUT2D eigenvalue weighted by molar-refractivity contribution is 0.0418. The first-order valence-corrected chi connectivity index (χ1v) is 16.9. The summed E-state index contributed by atoms with van der Waals surface area (Å²) < 4.78 is 36.6. The van der Waals surface area contributed by atoms with E-state index >= 15 is 0 Å². The Balaban J connectivity index is 0.00000417. The van der Waals surface area contributed by atoms with Crippen LogP contribution in [0, 0.1) is 19.8 Å². The lowest BCUT2D eigenvalue weighted by atomic mass is 9.96. The third kappa shape index (κ3) is 6.72. The molecule has 0 aliphatic carbocycles. The maximum Gasteiger partial charge on any atom is 0.264 e. The van der Waals surface area contributed by atoms with Crippen LogP contribution >= 0.6 is 0 Å². The predicted octanol–water partition coefficient (Wildman–Crippen LogP) is 5.94. The molecular formula is C35H41N5O4S. The molecule has 2 aliphatic heterocycles. The molecule has 4 aromatic rings. The molecule has 3 heterocycles. The van der Waals surface area contributed by atoms with Crippen molar-refractivity contribution in [3.05, 3.63) is 101 Å². The summed E-state index contributed by atoms with van der Waals surface area (Å²) in [7, 11) is -4.12. The zero-order chi connectivity index (χ0) is 31.7. The van der Waals surface area contributed by atoms with Gasteiger partial charge in [0.05, 0.1) is 16.6 Å². The lowest BCUT2D eigenvalue weighted by Crippen LogP contribution is -2.50. The molecule has 6 bridgehead atoms. The second kappa shape index (κ2) is 12.6. The fourth-order valence-corrected chi connectivity index (χ4v) is 7.36. The molecule has 10 heteroatoms. The van der Waals surface area contributed by atoms with Crippen LogP contribution < -0.4 is 9.46 Å². The fraction of sp³-hybridized carbons (Fsp3) is 0.343. The van der Waals surface area contributed by atoms with Gasteiger partial charge in [0.15, 0.2) is 0 Å². The van der Waals surface area contributed by atoms with Gasteiger partial charge < -0.3 is 9.64 Å². The van der Waals surface area contributed by atoms with Crippen molar-refractivity contribution in [3.8, 4) is 17.1 Å². The number of aryl methyl sites for hydroxylation is 2. The minimum atomic E-state index is -4.12. The second-order valence-electron chi connectivity index (χ2n) is 12.4. The number of aromatic nitrogens is 2. The van der Waals surface area contributed by atoms with E-state index in [4.69, 9.17) is 4.74 Å². The molecule has 0 spiro atoms. The van der Waals surface area contributed by atoms with E-state index in [1.807, 2.05) is 55.1 Å². The fourth-order valence-electron chi connectivity index (χ4n) is 6.37. The van der Waals surface area contributed by atoms with E-state index in [1.165, 1.54) is 17.7 Å². The van der Waals surface area contributed by atoms with Gasteiger partial charge in [-0.05, 0) is 61.1 Å². The standard InChI is InChI=1S/C35H39N5O4S.H2/c1-23(2)18-30-31-22-39(21-26-12-6-5-7-13-26)16-17-40(30)34(41)27-14-9-15-28(19-27)45(42,43)38-35-36-29(20-32(37-35)44-31)33-24(3)10-8-11-25(33)4;/h5-15,19-20,23,30-31H,16-18,21-22H2,1-4H3,(H,36,37,38);1H. The van der Waals surface area contributed by atoms with Crippen LogP contribution in [-0.2, 0) is 16.6 Å². The summed E-state index contributed by atoms with van der Waals surface area (Å²) in [5.74, 6) is 0.209. The number of sulfonamides is 1. The first-order chi connectivity index (χ1) is 21.6. The molecule has 1 saturated heterocycles. The number of rotatable bonds is 5. The van der Waals surface area contributed by atoms with Crippen LogP contribution in [0.2, 0.25) is 0 Å². The largest absolute Gasteiger partial charge is 0.471 e. The van der Waals surface area contributed by atoms with Crippen LogP contribution in [0.5, 0.6) is 5.88 Å². The van der Waals surface area contributed by atoms with Crippen molar-refractivity contribution in [1.82, 2.24) is 19.8 Å². The Hall–Kier alpha value is -4.28. The number of nitrogens with one attached hydrogen (secondary N) is 1. The molecule has 0 radical (unpaired) electrons.